The van der Waals surface area contributed by atoms with Crippen LogP contribution in [0.15, 0.2) is 79.1 Å². The van der Waals surface area contributed by atoms with Crippen LogP contribution in [-0.2, 0) is 11.3 Å². The van der Waals surface area contributed by atoms with Gasteiger partial charge in [0.15, 0.2) is 5.69 Å². The second-order valence-corrected chi connectivity index (χ2v) is 7.03. The fourth-order valence-corrected chi connectivity index (χ4v) is 3.21. The molecule has 2 heterocycles. The summed E-state index contributed by atoms with van der Waals surface area (Å²) in [6.45, 7) is 1.94. The van der Waals surface area contributed by atoms with E-state index >= 15 is 0 Å². The maximum Gasteiger partial charge on any atom is 0.356 e. The highest BCUT2D eigenvalue weighted by atomic mass is 16.4. The first-order chi connectivity index (χ1) is 15.0. The fourth-order valence-electron chi connectivity index (χ4n) is 3.21. The zero-order valence-corrected chi connectivity index (χ0v) is 16.8. The monoisotopic (exact) mass is 415 g/mol. The molecule has 8 heteroatoms. The van der Waals surface area contributed by atoms with Crippen molar-refractivity contribution in [1.82, 2.24) is 24.9 Å². The smallest absolute Gasteiger partial charge is 0.356 e. The van der Waals surface area contributed by atoms with Gasteiger partial charge in [-0.2, -0.15) is 10.2 Å². The molecule has 1 unspecified atom stereocenters. The van der Waals surface area contributed by atoms with E-state index in [1.807, 2.05) is 66.9 Å². The van der Waals surface area contributed by atoms with Crippen molar-refractivity contribution in [2.45, 2.75) is 19.5 Å². The van der Waals surface area contributed by atoms with Crippen molar-refractivity contribution in [1.29, 1.82) is 0 Å². The number of aromatic carboxylic acids is 1. The van der Waals surface area contributed by atoms with Gasteiger partial charge in [-0.15, -0.1) is 0 Å². The Kier molecular flexibility index (Phi) is 5.61. The zero-order chi connectivity index (χ0) is 21.8. The van der Waals surface area contributed by atoms with Gasteiger partial charge in [0.2, 0.25) is 5.91 Å². The van der Waals surface area contributed by atoms with Gasteiger partial charge in [-0.05, 0) is 25.1 Å². The van der Waals surface area contributed by atoms with Crippen LogP contribution in [0.25, 0.3) is 16.9 Å². The van der Waals surface area contributed by atoms with Crippen LogP contribution >= 0.6 is 0 Å². The van der Waals surface area contributed by atoms with Gasteiger partial charge in [-0.1, -0.05) is 48.5 Å². The number of hydrogen-bond donors (Lipinski definition) is 2. The van der Waals surface area contributed by atoms with Gasteiger partial charge in [-0.3, -0.25) is 9.48 Å². The van der Waals surface area contributed by atoms with Crippen molar-refractivity contribution < 1.29 is 14.7 Å². The Balaban J connectivity index is 1.56. The van der Waals surface area contributed by atoms with E-state index in [0.717, 1.165) is 22.5 Å². The third kappa shape index (κ3) is 4.37. The topological polar surface area (TPSA) is 102 Å². The Labute approximate surface area is 178 Å². The van der Waals surface area contributed by atoms with E-state index in [0.29, 0.717) is 0 Å². The number of amides is 1. The van der Waals surface area contributed by atoms with Gasteiger partial charge in [0.1, 0.15) is 6.04 Å². The van der Waals surface area contributed by atoms with Crippen LogP contribution in [0.1, 0.15) is 29.0 Å². The first-order valence-corrected chi connectivity index (χ1v) is 9.78. The molecule has 31 heavy (non-hydrogen) atoms. The Morgan fingerprint density at radius 3 is 2.32 bits per heavy atom. The molecule has 0 radical (unpaired) electrons. The molecule has 0 fully saturated rings. The Morgan fingerprint density at radius 1 is 1.00 bits per heavy atom. The number of para-hydroxylation sites is 1. The van der Waals surface area contributed by atoms with Gasteiger partial charge >= 0.3 is 5.97 Å². The quantitative estimate of drug-likeness (QED) is 0.482. The normalized spacial score (nSPS) is 11.8. The molecule has 4 rings (SSSR count). The Bertz CT molecular complexity index is 1200. The minimum Gasteiger partial charge on any atom is -0.476 e. The maximum atomic E-state index is 12.7. The maximum absolute atomic E-state index is 12.7. The molecule has 2 N–H and O–H groups in total. The summed E-state index contributed by atoms with van der Waals surface area (Å²) in [6, 6.07) is 20.2. The van der Waals surface area contributed by atoms with Gasteiger partial charge in [0.25, 0.3) is 0 Å². The van der Waals surface area contributed by atoms with Crippen molar-refractivity contribution in [3.8, 4) is 16.9 Å². The van der Waals surface area contributed by atoms with Crippen LogP contribution in [0.2, 0.25) is 0 Å². The number of aromatic nitrogens is 4. The third-order valence-electron chi connectivity index (χ3n) is 4.91. The largest absolute Gasteiger partial charge is 0.476 e. The highest BCUT2D eigenvalue weighted by Crippen LogP contribution is 2.23. The van der Waals surface area contributed by atoms with E-state index < -0.39 is 12.0 Å². The zero-order valence-electron chi connectivity index (χ0n) is 16.8. The van der Waals surface area contributed by atoms with Crippen molar-refractivity contribution in [3.05, 3.63) is 90.4 Å². The van der Waals surface area contributed by atoms with Crippen LogP contribution in [0, 0.1) is 0 Å². The molecule has 0 aliphatic carbocycles. The molecule has 1 atom stereocenters. The van der Waals surface area contributed by atoms with Crippen LogP contribution in [0.3, 0.4) is 0 Å². The number of hydrogen-bond acceptors (Lipinski definition) is 4. The number of nitrogens with zero attached hydrogens (tertiary/aromatic N) is 4. The highest BCUT2D eigenvalue weighted by Gasteiger charge is 2.19. The summed E-state index contributed by atoms with van der Waals surface area (Å²) in [4.78, 5) is 23.7. The Hall–Kier alpha value is -4.20. The van der Waals surface area contributed by atoms with Crippen molar-refractivity contribution in [2.24, 2.45) is 0 Å². The molecule has 2 aromatic carbocycles. The van der Waals surface area contributed by atoms with Gasteiger partial charge in [-0.25, -0.2) is 9.48 Å². The summed E-state index contributed by atoms with van der Waals surface area (Å²) in [5, 5.41) is 20.6. The van der Waals surface area contributed by atoms with Crippen LogP contribution in [0.5, 0.6) is 0 Å². The minimum absolute atomic E-state index is 0.102. The molecule has 4 aromatic rings. The lowest BCUT2D eigenvalue weighted by molar-refractivity contribution is -0.124. The number of carbonyl (C=O) groups is 2. The van der Waals surface area contributed by atoms with Gasteiger partial charge in [0.05, 0.1) is 11.4 Å². The fraction of sp³-hybridized carbons (Fsp3) is 0.130. The summed E-state index contributed by atoms with van der Waals surface area (Å²) in [6.07, 6.45) is 3.38. The molecule has 0 aliphatic rings. The molecule has 0 saturated heterocycles. The molecule has 2 aromatic heterocycles. The molecular weight excluding hydrogens is 394 g/mol. The molecule has 0 bridgehead atoms. The number of rotatable bonds is 7. The van der Waals surface area contributed by atoms with E-state index in [4.69, 9.17) is 10.2 Å². The summed E-state index contributed by atoms with van der Waals surface area (Å²) >= 11 is 0. The van der Waals surface area contributed by atoms with Crippen molar-refractivity contribution in [2.75, 3.05) is 0 Å². The Morgan fingerprint density at radius 2 is 1.68 bits per heavy atom. The number of nitrogens with one attached hydrogen (secondary N) is 1. The molecule has 8 nitrogen and oxygen atoms in total. The lowest BCUT2D eigenvalue weighted by atomic mass is 10.1. The minimum atomic E-state index is -1.13. The van der Waals surface area contributed by atoms with E-state index in [-0.39, 0.29) is 18.1 Å². The van der Waals surface area contributed by atoms with Gasteiger partial charge in [0, 0.05) is 30.1 Å². The molecule has 0 aliphatic heterocycles. The highest BCUT2D eigenvalue weighted by molar-refractivity contribution is 5.85. The number of benzene rings is 2. The first kappa shape index (κ1) is 20.1. The van der Waals surface area contributed by atoms with Crippen LogP contribution in [0.4, 0.5) is 0 Å². The van der Waals surface area contributed by atoms with Crippen LogP contribution in [-0.4, -0.2) is 36.5 Å². The average Bonchev–Trinajstić information content (AvgIpc) is 3.46. The summed E-state index contributed by atoms with van der Waals surface area (Å²) in [5.41, 5.74) is 3.41. The summed E-state index contributed by atoms with van der Waals surface area (Å²) in [5.74, 6) is -1.40. The average molecular weight is 415 g/mol. The lowest BCUT2D eigenvalue weighted by Gasteiger charge is -2.12. The van der Waals surface area contributed by atoms with E-state index in [1.165, 1.54) is 16.9 Å². The van der Waals surface area contributed by atoms with E-state index in [9.17, 15) is 9.59 Å². The van der Waals surface area contributed by atoms with Crippen LogP contribution < -0.4 is 5.32 Å². The number of carboxylic acids is 1. The standard InChI is InChI=1S/C23H21N5O3/c1-16(27-13-12-20(25-27)23(30)31)22(29)24-14-18-15-28(19-10-6-3-7-11-19)26-21(18)17-8-4-2-5-9-17/h2-13,15-16H,14H2,1H3,(H,24,29)(H,30,31). The predicted octanol–water partition coefficient (Wildman–Crippen LogP) is 3.31. The molecular formula is C23H21N5O3. The van der Waals surface area contributed by atoms with E-state index in [1.54, 1.807) is 11.6 Å². The SMILES string of the molecule is CC(C(=O)NCc1cn(-c2ccccc2)nc1-c1ccccc1)n1ccc(C(=O)O)n1. The van der Waals surface area contributed by atoms with Crippen molar-refractivity contribution in [3.63, 3.8) is 0 Å². The summed E-state index contributed by atoms with van der Waals surface area (Å²) < 4.78 is 3.13. The molecule has 0 spiro atoms. The predicted molar refractivity (Wildman–Crippen MR) is 115 cm³/mol. The summed E-state index contributed by atoms with van der Waals surface area (Å²) in [7, 11) is 0. The number of carbonyl (C=O) groups excluding carboxylic acids is 1. The van der Waals surface area contributed by atoms with Gasteiger partial charge < -0.3 is 10.4 Å². The lowest BCUT2D eigenvalue weighted by Crippen LogP contribution is -2.31. The molecule has 0 saturated carbocycles. The third-order valence-corrected chi connectivity index (χ3v) is 4.91. The first-order valence-electron chi connectivity index (χ1n) is 9.78. The molecule has 1 amide bonds. The molecule has 156 valence electrons. The number of carboxylic acid groups (broad SMARTS) is 1. The van der Waals surface area contributed by atoms with Crippen molar-refractivity contribution >= 4 is 11.9 Å². The second kappa shape index (κ2) is 8.66. The van der Waals surface area contributed by atoms with E-state index in [2.05, 4.69) is 10.4 Å². The second-order valence-electron chi connectivity index (χ2n) is 7.03.